The van der Waals surface area contributed by atoms with Gasteiger partial charge in [0.2, 0.25) is 5.49 Å². The highest BCUT2D eigenvalue weighted by Crippen LogP contribution is 2.42. The standard InChI is InChI=1S/C18H20ClN5O4/c1-28-23-17-13-18(21-7-20-17)24(8-22-13)12-6-11(15(26)16(12)27)14(25)9-2-4-10(19)5-3-9/h2-5,7-8,11-12,14-16,25-27H,6H2,1H3,(H,20,21,23)/t11-,12?,14-,15-,16+/m1/s1. The van der Waals surface area contributed by atoms with Gasteiger partial charge in [0.25, 0.3) is 0 Å². The molecule has 9 nitrogen and oxygen atoms in total. The normalized spacial score (nSPS) is 26.7. The molecule has 148 valence electrons. The van der Waals surface area contributed by atoms with Crippen LogP contribution in [-0.2, 0) is 4.84 Å². The van der Waals surface area contributed by atoms with Gasteiger partial charge in [-0.3, -0.25) is 0 Å². The minimum absolute atomic E-state index is 0.306. The van der Waals surface area contributed by atoms with E-state index in [1.807, 2.05) is 0 Å². The summed E-state index contributed by atoms with van der Waals surface area (Å²) in [4.78, 5) is 16.2. The van der Waals surface area contributed by atoms with Gasteiger partial charge in [0.1, 0.15) is 18.9 Å². The zero-order valence-corrected chi connectivity index (χ0v) is 15.7. The fourth-order valence-electron chi connectivity index (χ4n) is 3.83. The third-order valence-corrected chi connectivity index (χ3v) is 5.49. The summed E-state index contributed by atoms with van der Waals surface area (Å²) < 4.78 is 1.73. The second-order valence-electron chi connectivity index (χ2n) is 6.79. The molecular weight excluding hydrogens is 386 g/mol. The molecule has 1 unspecified atom stereocenters. The highest BCUT2D eigenvalue weighted by Gasteiger charge is 2.46. The minimum atomic E-state index is -1.10. The fourth-order valence-corrected chi connectivity index (χ4v) is 3.95. The molecule has 0 aliphatic heterocycles. The number of aromatic amines is 1. The van der Waals surface area contributed by atoms with E-state index in [4.69, 9.17) is 16.4 Å². The molecule has 1 aliphatic rings. The summed E-state index contributed by atoms with van der Waals surface area (Å²) in [6.45, 7) is 0. The zero-order valence-electron chi connectivity index (χ0n) is 15.0. The number of rotatable bonds is 4. The maximum Gasteiger partial charge on any atom is 0.222 e. The number of aliphatic hydroxyl groups is 3. The number of halogens is 1. The smallest absolute Gasteiger partial charge is 0.222 e. The van der Waals surface area contributed by atoms with E-state index in [2.05, 4.69) is 20.1 Å². The zero-order chi connectivity index (χ0) is 19.8. The number of fused-ring (bicyclic) bond motifs is 1. The molecule has 4 rings (SSSR count). The first-order valence-electron chi connectivity index (χ1n) is 8.78. The molecule has 1 fully saturated rings. The first-order valence-corrected chi connectivity index (χ1v) is 9.16. The molecular formula is C18H20ClN5O4. The van der Waals surface area contributed by atoms with Gasteiger partial charge in [-0.25, -0.2) is 9.97 Å². The first-order chi connectivity index (χ1) is 13.5. The molecule has 3 aromatic rings. The van der Waals surface area contributed by atoms with Gasteiger partial charge in [-0.15, -0.1) is 0 Å². The van der Waals surface area contributed by atoms with Gasteiger partial charge in [0, 0.05) is 10.9 Å². The van der Waals surface area contributed by atoms with E-state index in [0.29, 0.717) is 33.7 Å². The van der Waals surface area contributed by atoms with Crippen molar-refractivity contribution in [3.63, 3.8) is 0 Å². The van der Waals surface area contributed by atoms with Crippen molar-refractivity contribution in [1.29, 1.82) is 0 Å². The molecule has 2 aromatic heterocycles. The van der Waals surface area contributed by atoms with Crippen molar-refractivity contribution in [2.75, 3.05) is 7.11 Å². The van der Waals surface area contributed by atoms with Crippen LogP contribution in [0.1, 0.15) is 24.1 Å². The van der Waals surface area contributed by atoms with Gasteiger partial charge in [-0.05, 0) is 24.1 Å². The lowest BCUT2D eigenvalue weighted by molar-refractivity contribution is -0.0264. The van der Waals surface area contributed by atoms with Gasteiger partial charge in [-0.1, -0.05) is 28.9 Å². The fraction of sp³-hybridized carbons (Fsp3) is 0.389. The number of nitrogens with zero attached hydrogens (tertiary/aromatic N) is 4. The van der Waals surface area contributed by atoms with Crippen molar-refractivity contribution in [3.05, 3.63) is 53.0 Å². The van der Waals surface area contributed by atoms with Gasteiger partial charge in [0.05, 0.1) is 30.9 Å². The van der Waals surface area contributed by atoms with Crippen LogP contribution in [0.5, 0.6) is 0 Å². The predicted molar refractivity (Wildman–Crippen MR) is 100 cm³/mol. The molecule has 0 radical (unpaired) electrons. The summed E-state index contributed by atoms with van der Waals surface area (Å²) in [5.74, 6) is -0.552. The van der Waals surface area contributed by atoms with Crippen LogP contribution in [0, 0.1) is 5.92 Å². The number of aliphatic hydroxyl groups excluding tert-OH is 3. The Morgan fingerprint density at radius 2 is 2.00 bits per heavy atom. The topological polar surface area (TPSA) is 129 Å². The largest absolute Gasteiger partial charge is 0.397 e. The van der Waals surface area contributed by atoms with Crippen molar-refractivity contribution < 1.29 is 20.2 Å². The lowest BCUT2D eigenvalue weighted by atomic mass is 9.92. The van der Waals surface area contributed by atoms with E-state index in [9.17, 15) is 15.3 Å². The Hall–Kier alpha value is -2.46. The molecule has 2 heterocycles. The second kappa shape index (κ2) is 7.51. The Labute approximate surface area is 164 Å². The lowest BCUT2D eigenvalue weighted by Crippen LogP contribution is -2.31. The molecule has 10 heteroatoms. The Morgan fingerprint density at radius 3 is 2.71 bits per heavy atom. The number of aromatic nitrogens is 4. The molecule has 0 amide bonds. The van der Waals surface area contributed by atoms with Gasteiger partial charge in [0.15, 0.2) is 5.52 Å². The second-order valence-corrected chi connectivity index (χ2v) is 7.23. The van der Waals surface area contributed by atoms with Gasteiger partial charge in [-0.2, -0.15) is 0 Å². The first kappa shape index (κ1) is 18.9. The Balaban J connectivity index is 1.67. The predicted octanol–water partition coefficient (Wildman–Crippen LogP) is 0.891. The SMILES string of the molecule is CO/N=c1/nc[nH]c2c1ncn2C1C[C@H]([C@H](O)c2ccc(Cl)cc2)[C@@H](O)[C@H]1O. The van der Waals surface area contributed by atoms with Crippen LogP contribution in [0.15, 0.2) is 42.1 Å². The summed E-state index contributed by atoms with van der Waals surface area (Å²) >= 11 is 5.90. The van der Waals surface area contributed by atoms with Crippen molar-refractivity contribution in [2.45, 2.75) is 30.8 Å². The van der Waals surface area contributed by atoms with Crippen LogP contribution in [0.2, 0.25) is 5.02 Å². The van der Waals surface area contributed by atoms with Crippen LogP contribution in [0.25, 0.3) is 11.2 Å². The van der Waals surface area contributed by atoms with E-state index < -0.39 is 30.3 Å². The Kier molecular flexibility index (Phi) is 5.07. The van der Waals surface area contributed by atoms with E-state index >= 15 is 0 Å². The summed E-state index contributed by atoms with van der Waals surface area (Å²) in [6.07, 6.45) is 0.244. The minimum Gasteiger partial charge on any atom is -0.397 e. The van der Waals surface area contributed by atoms with Crippen LogP contribution in [0.4, 0.5) is 0 Å². The lowest BCUT2D eigenvalue weighted by Gasteiger charge is -2.22. The number of nitrogens with one attached hydrogen (secondary N) is 1. The highest BCUT2D eigenvalue weighted by atomic mass is 35.5. The molecule has 5 atom stereocenters. The van der Waals surface area contributed by atoms with E-state index in [1.54, 1.807) is 35.2 Å². The molecule has 1 aromatic carbocycles. The van der Waals surface area contributed by atoms with Crippen molar-refractivity contribution in [3.8, 4) is 0 Å². The summed E-state index contributed by atoms with van der Waals surface area (Å²) in [7, 11) is 1.42. The third kappa shape index (κ3) is 3.16. The Bertz CT molecular complexity index is 1030. The molecule has 0 bridgehead atoms. The average Bonchev–Trinajstić information content (AvgIpc) is 3.25. The molecule has 0 saturated heterocycles. The average molecular weight is 406 g/mol. The highest BCUT2D eigenvalue weighted by molar-refractivity contribution is 6.30. The van der Waals surface area contributed by atoms with Crippen LogP contribution in [-0.4, -0.2) is 54.2 Å². The van der Waals surface area contributed by atoms with E-state index in [1.165, 1.54) is 13.4 Å². The molecule has 1 saturated carbocycles. The van der Waals surface area contributed by atoms with Crippen LogP contribution >= 0.6 is 11.6 Å². The molecule has 0 spiro atoms. The molecule has 1 aliphatic carbocycles. The molecule has 4 N–H and O–H groups in total. The van der Waals surface area contributed by atoms with Crippen molar-refractivity contribution >= 4 is 22.8 Å². The van der Waals surface area contributed by atoms with Crippen LogP contribution < -0.4 is 5.49 Å². The van der Waals surface area contributed by atoms with Gasteiger partial charge >= 0.3 is 0 Å². The summed E-state index contributed by atoms with van der Waals surface area (Å²) in [5, 5.41) is 36.4. The Morgan fingerprint density at radius 1 is 1.25 bits per heavy atom. The maximum atomic E-state index is 10.8. The maximum absolute atomic E-state index is 10.8. The monoisotopic (exact) mass is 405 g/mol. The van der Waals surface area contributed by atoms with E-state index in [-0.39, 0.29) is 0 Å². The number of imidazole rings is 1. The van der Waals surface area contributed by atoms with E-state index in [0.717, 1.165) is 0 Å². The number of hydrogen-bond acceptors (Lipinski definition) is 7. The van der Waals surface area contributed by atoms with Gasteiger partial charge < -0.3 is 29.7 Å². The summed E-state index contributed by atoms with van der Waals surface area (Å²) in [6, 6.07) is 6.30. The van der Waals surface area contributed by atoms with Crippen LogP contribution in [0.3, 0.4) is 0 Å². The summed E-state index contributed by atoms with van der Waals surface area (Å²) in [5.41, 5.74) is 2.01. The number of benzene rings is 1. The van der Waals surface area contributed by atoms with Crippen molar-refractivity contribution in [1.82, 2.24) is 19.5 Å². The number of hydrogen-bond donors (Lipinski definition) is 4. The van der Waals surface area contributed by atoms with Crippen molar-refractivity contribution in [2.24, 2.45) is 11.1 Å². The molecule has 28 heavy (non-hydrogen) atoms. The third-order valence-electron chi connectivity index (χ3n) is 5.24. The quantitative estimate of drug-likeness (QED) is 0.477. The number of H-pyrrole nitrogens is 1.